The lowest BCUT2D eigenvalue weighted by molar-refractivity contribution is -0.0820. The molecule has 1 heterocycles. The Morgan fingerprint density at radius 3 is 2.83 bits per heavy atom. The number of urea groups is 1. The first-order valence-electron chi connectivity index (χ1n) is 8.69. The van der Waals surface area contributed by atoms with Crippen LogP contribution >= 0.6 is 0 Å². The van der Waals surface area contributed by atoms with Gasteiger partial charge >= 0.3 is 6.03 Å². The highest BCUT2D eigenvalue weighted by Crippen LogP contribution is 2.39. The van der Waals surface area contributed by atoms with E-state index in [9.17, 15) is 13.6 Å². The molecule has 2 aliphatic rings. The number of amides is 2. The summed E-state index contributed by atoms with van der Waals surface area (Å²) >= 11 is 0. The van der Waals surface area contributed by atoms with Crippen molar-refractivity contribution in [1.82, 2.24) is 10.6 Å². The van der Waals surface area contributed by atoms with Crippen LogP contribution in [0.1, 0.15) is 44.1 Å². The number of halogens is 2. The minimum Gasteiger partial charge on any atom is -0.375 e. The van der Waals surface area contributed by atoms with Crippen LogP contribution in [0.3, 0.4) is 0 Å². The molecule has 0 bridgehead atoms. The SMILES string of the molecule is O=C(NCCc1ccc(F)cc1F)NC1CCOC2(CCCC2)C1. The predicted octanol–water partition coefficient (Wildman–Crippen LogP) is 3.30. The zero-order valence-electron chi connectivity index (χ0n) is 13.7. The second-order valence-corrected chi connectivity index (χ2v) is 6.81. The van der Waals surface area contributed by atoms with Crippen molar-refractivity contribution in [2.75, 3.05) is 13.2 Å². The fraction of sp³-hybridized carbons (Fsp3) is 0.611. The monoisotopic (exact) mass is 338 g/mol. The van der Waals surface area contributed by atoms with Crippen LogP contribution in [-0.4, -0.2) is 30.8 Å². The summed E-state index contributed by atoms with van der Waals surface area (Å²) in [6, 6.07) is 3.38. The standard InChI is InChI=1S/C18H24F2N2O2/c19-14-4-3-13(16(20)11-14)5-9-21-17(23)22-15-6-10-24-18(12-15)7-1-2-8-18/h3-4,11,15H,1-2,5-10,12H2,(H2,21,22,23). The normalized spacial score (nSPS) is 22.5. The number of hydrogen-bond acceptors (Lipinski definition) is 2. The fourth-order valence-electron chi connectivity index (χ4n) is 3.79. The molecule has 1 spiro atoms. The van der Waals surface area contributed by atoms with Crippen molar-refractivity contribution in [3.8, 4) is 0 Å². The number of ether oxygens (including phenoxy) is 1. The van der Waals surface area contributed by atoms with Gasteiger partial charge in [-0.15, -0.1) is 0 Å². The van der Waals surface area contributed by atoms with Crippen molar-refractivity contribution >= 4 is 6.03 Å². The molecule has 1 saturated carbocycles. The highest BCUT2D eigenvalue weighted by molar-refractivity contribution is 5.74. The van der Waals surface area contributed by atoms with E-state index in [1.54, 1.807) is 0 Å². The average Bonchev–Trinajstić information content (AvgIpc) is 2.97. The van der Waals surface area contributed by atoms with E-state index >= 15 is 0 Å². The predicted molar refractivity (Wildman–Crippen MR) is 86.8 cm³/mol. The molecule has 1 aliphatic carbocycles. The van der Waals surface area contributed by atoms with Gasteiger partial charge in [0, 0.05) is 25.3 Å². The molecule has 1 aromatic rings. The van der Waals surface area contributed by atoms with Gasteiger partial charge < -0.3 is 15.4 Å². The van der Waals surface area contributed by atoms with E-state index in [1.165, 1.54) is 25.0 Å². The summed E-state index contributed by atoms with van der Waals surface area (Å²) in [5.41, 5.74) is 0.362. The van der Waals surface area contributed by atoms with Gasteiger partial charge in [-0.2, -0.15) is 0 Å². The highest BCUT2D eigenvalue weighted by Gasteiger charge is 2.40. The van der Waals surface area contributed by atoms with Gasteiger partial charge in [-0.25, -0.2) is 13.6 Å². The molecule has 0 radical (unpaired) electrons. The van der Waals surface area contributed by atoms with Gasteiger partial charge in [0.05, 0.1) is 5.60 Å². The Morgan fingerprint density at radius 1 is 1.29 bits per heavy atom. The summed E-state index contributed by atoms with van der Waals surface area (Å²) in [5, 5.41) is 5.74. The Morgan fingerprint density at radius 2 is 2.08 bits per heavy atom. The number of rotatable bonds is 4. The molecular weight excluding hydrogens is 314 g/mol. The topological polar surface area (TPSA) is 50.4 Å². The lowest BCUT2D eigenvalue weighted by Gasteiger charge is -2.38. The first kappa shape index (κ1) is 17.1. The Kier molecular flexibility index (Phi) is 5.33. The third-order valence-electron chi connectivity index (χ3n) is 5.04. The number of carbonyl (C=O) groups excluding carboxylic acids is 1. The summed E-state index contributed by atoms with van der Waals surface area (Å²) in [5.74, 6) is -1.17. The summed E-state index contributed by atoms with van der Waals surface area (Å²) < 4.78 is 32.3. The average molecular weight is 338 g/mol. The quantitative estimate of drug-likeness (QED) is 0.885. The largest absolute Gasteiger partial charge is 0.375 e. The molecule has 6 heteroatoms. The van der Waals surface area contributed by atoms with E-state index < -0.39 is 11.6 Å². The molecule has 3 rings (SSSR count). The minimum atomic E-state index is -0.595. The van der Waals surface area contributed by atoms with E-state index in [2.05, 4.69) is 10.6 Å². The number of hydrogen-bond donors (Lipinski definition) is 2. The number of nitrogens with one attached hydrogen (secondary N) is 2. The van der Waals surface area contributed by atoms with E-state index in [0.29, 0.717) is 25.1 Å². The highest BCUT2D eigenvalue weighted by atomic mass is 19.1. The Labute approximate surface area is 141 Å². The van der Waals surface area contributed by atoms with Crippen LogP contribution in [0.2, 0.25) is 0 Å². The van der Waals surface area contributed by atoms with Gasteiger partial charge in [0.2, 0.25) is 0 Å². The van der Waals surface area contributed by atoms with Crippen molar-refractivity contribution in [2.45, 2.75) is 56.6 Å². The fourth-order valence-corrected chi connectivity index (χ4v) is 3.79. The Bertz CT molecular complexity index is 588. The third-order valence-corrected chi connectivity index (χ3v) is 5.04. The Balaban J connectivity index is 1.42. The molecule has 1 unspecified atom stereocenters. The first-order valence-corrected chi connectivity index (χ1v) is 8.69. The number of benzene rings is 1. The maximum atomic E-state index is 13.5. The van der Waals surface area contributed by atoms with Crippen molar-refractivity contribution in [3.05, 3.63) is 35.4 Å². The molecule has 132 valence electrons. The van der Waals surface area contributed by atoms with Crippen LogP contribution in [0.5, 0.6) is 0 Å². The van der Waals surface area contributed by atoms with Crippen molar-refractivity contribution < 1.29 is 18.3 Å². The minimum absolute atomic E-state index is 0.0343. The molecule has 1 aliphatic heterocycles. The van der Waals surface area contributed by atoms with E-state index in [0.717, 1.165) is 31.7 Å². The van der Waals surface area contributed by atoms with Crippen LogP contribution in [0.4, 0.5) is 13.6 Å². The van der Waals surface area contributed by atoms with E-state index in [4.69, 9.17) is 4.74 Å². The second kappa shape index (κ2) is 7.47. The smallest absolute Gasteiger partial charge is 0.315 e. The van der Waals surface area contributed by atoms with Crippen molar-refractivity contribution in [3.63, 3.8) is 0 Å². The van der Waals surface area contributed by atoms with Crippen LogP contribution < -0.4 is 10.6 Å². The van der Waals surface area contributed by atoms with Crippen LogP contribution in [0.25, 0.3) is 0 Å². The zero-order chi connectivity index (χ0) is 17.0. The van der Waals surface area contributed by atoms with Gasteiger partial charge in [-0.3, -0.25) is 0 Å². The molecule has 2 N–H and O–H groups in total. The molecule has 24 heavy (non-hydrogen) atoms. The molecule has 2 amide bonds. The van der Waals surface area contributed by atoms with Crippen molar-refractivity contribution in [2.24, 2.45) is 0 Å². The van der Waals surface area contributed by atoms with Gasteiger partial charge in [0.25, 0.3) is 0 Å². The van der Waals surface area contributed by atoms with Gasteiger partial charge in [-0.1, -0.05) is 18.9 Å². The molecule has 2 fully saturated rings. The molecule has 1 atom stereocenters. The van der Waals surface area contributed by atoms with Crippen LogP contribution in [0, 0.1) is 11.6 Å². The molecule has 1 saturated heterocycles. The summed E-state index contributed by atoms with van der Waals surface area (Å²) in [4.78, 5) is 12.0. The van der Waals surface area contributed by atoms with Crippen LogP contribution in [0.15, 0.2) is 18.2 Å². The molecule has 4 nitrogen and oxygen atoms in total. The van der Waals surface area contributed by atoms with Crippen LogP contribution in [-0.2, 0) is 11.2 Å². The van der Waals surface area contributed by atoms with Gasteiger partial charge in [0.1, 0.15) is 11.6 Å². The van der Waals surface area contributed by atoms with Gasteiger partial charge in [0.15, 0.2) is 0 Å². The van der Waals surface area contributed by atoms with Crippen molar-refractivity contribution in [1.29, 1.82) is 0 Å². The first-order chi connectivity index (χ1) is 11.6. The third kappa shape index (κ3) is 4.23. The van der Waals surface area contributed by atoms with E-state index in [-0.39, 0.29) is 17.7 Å². The number of carbonyl (C=O) groups is 1. The summed E-state index contributed by atoms with van der Waals surface area (Å²) in [6.07, 6.45) is 6.57. The van der Waals surface area contributed by atoms with E-state index in [1.807, 2.05) is 0 Å². The second-order valence-electron chi connectivity index (χ2n) is 6.81. The molecular formula is C18H24F2N2O2. The lowest BCUT2D eigenvalue weighted by atomic mass is 9.89. The zero-order valence-corrected chi connectivity index (χ0v) is 13.7. The maximum absolute atomic E-state index is 13.5. The molecule has 0 aromatic heterocycles. The summed E-state index contributed by atoms with van der Waals surface area (Å²) in [6.45, 7) is 0.995. The lowest BCUT2D eigenvalue weighted by Crippen LogP contribution is -2.50. The summed E-state index contributed by atoms with van der Waals surface area (Å²) in [7, 11) is 0. The van der Waals surface area contributed by atoms with Gasteiger partial charge in [-0.05, 0) is 43.7 Å². The molecule has 1 aromatic carbocycles. The Hall–Kier alpha value is -1.69. The maximum Gasteiger partial charge on any atom is 0.315 e.